The minimum absolute atomic E-state index is 0.0832. The summed E-state index contributed by atoms with van der Waals surface area (Å²) in [7, 11) is 0. The van der Waals surface area contributed by atoms with Gasteiger partial charge in [-0.05, 0) is 37.1 Å². The van der Waals surface area contributed by atoms with Crippen LogP contribution < -0.4 is 10.2 Å². The normalized spacial score (nSPS) is 16.5. The quantitative estimate of drug-likeness (QED) is 0.685. The molecular weight excluding hydrogens is 406 g/mol. The van der Waals surface area contributed by atoms with Crippen LogP contribution in [0.3, 0.4) is 0 Å². The second-order valence-corrected chi connectivity index (χ2v) is 7.66. The van der Waals surface area contributed by atoms with E-state index < -0.39 is 17.7 Å². The van der Waals surface area contributed by atoms with Crippen molar-refractivity contribution in [1.29, 1.82) is 0 Å². The van der Waals surface area contributed by atoms with Gasteiger partial charge in [0.2, 0.25) is 5.89 Å². The fourth-order valence-electron chi connectivity index (χ4n) is 3.60. The van der Waals surface area contributed by atoms with Crippen LogP contribution in [0.4, 0.5) is 25.1 Å². The molecule has 3 heterocycles. The highest BCUT2D eigenvalue weighted by Gasteiger charge is 2.31. The molecule has 2 amide bonds. The average molecular weight is 426 g/mol. The molecule has 1 aliphatic carbocycles. The van der Waals surface area contributed by atoms with Gasteiger partial charge in [-0.15, -0.1) is 10.2 Å². The number of hydrogen-bond acceptors (Lipinski definition) is 6. The van der Waals surface area contributed by atoms with Gasteiger partial charge in [0.15, 0.2) is 0 Å². The number of pyridine rings is 1. The smallest absolute Gasteiger partial charge is 0.321 e. The summed E-state index contributed by atoms with van der Waals surface area (Å²) in [5, 5.41) is 10.9. The van der Waals surface area contributed by atoms with Crippen LogP contribution in [0.5, 0.6) is 0 Å². The number of urea groups is 1. The first-order valence-corrected chi connectivity index (χ1v) is 10.1. The van der Waals surface area contributed by atoms with Crippen LogP contribution in [0, 0.1) is 11.6 Å². The van der Waals surface area contributed by atoms with Crippen molar-refractivity contribution in [2.45, 2.75) is 18.8 Å². The zero-order valence-electron chi connectivity index (χ0n) is 16.6. The maximum absolute atomic E-state index is 13.4. The van der Waals surface area contributed by atoms with Gasteiger partial charge < -0.3 is 19.5 Å². The lowest BCUT2D eigenvalue weighted by Crippen LogP contribution is -2.50. The van der Waals surface area contributed by atoms with Crippen LogP contribution in [0.25, 0.3) is 11.5 Å². The Morgan fingerprint density at radius 1 is 1.06 bits per heavy atom. The Labute approximate surface area is 176 Å². The van der Waals surface area contributed by atoms with E-state index in [9.17, 15) is 13.6 Å². The number of aromatic nitrogens is 3. The van der Waals surface area contributed by atoms with E-state index in [1.807, 2.05) is 12.1 Å². The number of nitrogens with one attached hydrogen (secondary N) is 1. The van der Waals surface area contributed by atoms with Crippen LogP contribution in [0.1, 0.15) is 24.7 Å². The van der Waals surface area contributed by atoms with Crippen LogP contribution in [-0.2, 0) is 0 Å². The summed E-state index contributed by atoms with van der Waals surface area (Å²) >= 11 is 0. The first-order valence-electron chi connectivity index (χ1n) is 10.1. The average Bonchev–Trinajstić information content (AvgIpc) is 3.50. The van der Waals surface area contributed by atoms with Crippen molar-refractivity contribution in [2.24, 2.45) is 0 Å². The number of hydrogen-bond donors (Lipinski definition) is 1. The summed E-state index contributed by atoms with van der Waals surface area (Å²) in [6, 6.07) is 6.23. The first kappa shape index (κ1) is 19.4. The summed E-state index contributed by atoms with van der Waals surface area (Å²) in [5.74, 6) is 0.719. The zero-order chi connectivity index (χ0) is 21.4. The number of amides is 2. The van der Waals surface area contributed by atoms with E-state index in [1.54, 1.807) is 11.1 Å². The Morgan fingerprint density at radius 3 is 2.52 bits per heavy atom. The van der Waals surface area contributed by atoms with Crippen LogP contribution in [0.15, 0.2) is 40.9 Å². The molecule has 0 unspecified atom stereocenters. The molecule has 1 aromatic carbocycles. The third kappa shape index (κ3) is 4.18. The molecule has 0 radical (unpaired) electrons. The van der Waals surface area contributed by atoms with Crippen molar-refractivity contribution in [2.75, 3.05) is 36.4 Å². The number of carbonyl (C=O) groups is 1. The molecule has 2 aliphatic rings. The van der Waals surface area contributed by atoms with E-state index in [4.69, 9.17) is 4.42 Å². The Hall–Kier alpha value is -3.56. The molecule has 5 rings (SSSR count). The molecule has 10 heteroatoms. The molecular formula is C21H20F2N6O2. The fourth-order valence-corrected chi connectivity index (χ4v) is 3.60. The highest BCUT2D eigenvalue weighted by Crippen LogP contribution is 2.40. The van der Waals surface area contributed by atoms with Crippen molar-refractivity contribution < 1.29 is 18.0 Å². The lowest BCUT2D eigenvalue weighted by atomic mass is 10.2. The lowest BCUT2D eigenvalue weighted by Gasteiger charge is -2.35. The Bertz CT molecular complexity index is 1090. The van der Waals surface area contributed by atoms with Gasteiger partial charge in [0.05, 0.1) is 5.56 Å². The number of benzene rings is 1. The summed E-state index contributed by atoms with van der Waals surface area (Å²) in [6.07, 6.45) is 3.86. The molecule has 31 heavy (non-hydrogen) atoms. The Morgan fingerprint density at radius 2 is 1.81 bits per heavy atom. The molecule has 1 saturated heterocycles. The van der Waals surface area contributed by atoms with Crippen LogP contribution >= 0.6 is 0 Å². The van der Waals surface area contributed by atoms with Gasteiger partial charge >= 0.3 is 6.03 Å². The number of rotatable bonds is 4. The predicted molar refractivity (Wildman–Crippen MR) is 109 cm³/mol. The van der Waals surface area contributed by atoms with Crippen LogP contribution in [-0.4, -0.2) is 52.3 Å². The zero-order valence-corrected chi connectivity index (χ0v) is 16.6. The molecule has 0 bridgehead atoms. The van der Waals surface area contributed by atoms with E-state index in [0.29, 0.717) is 43.9 Å². The maximum Gasteiger partial charge on any atom is 0.321 e. The van der Waals surface area contributed by atoms with Crippen molar-refractivity contribution in [3.05, 3.63) is 54.1 Å². The SMILES string of the molecule is O=C(Nc1cc(F)cc(F)c1)N1CCN(c2ncccc2-c2nnc(C3CC3)o2)CC1. The Balaban J connectivity index is 1.26. The Kier molecular flexibility index (Phi) is 4.97. The molecule has 0 spiro atoms. The highest BCUT2D eigenvalue weighted by molar-refractivity contribution is 5.89. The van der Waals surface area contributed by atoms with Gasteiger partial charge in [0.25, 0.3) is 5.89 Å². The molecule has 1 aliphatic heterocycles. The molecule has 3 aromatic rings. The van der Waals surface area contributed by atoms with Gasteiger partial charge in [0, 0.05) is 50.0 Å². The number of piperazine rings is 1. The van der Waals surface area contributed by atoms with Crippen molar-refractivity contribution in [1.82, 2.24) is 20.1 Å². The fraction of sp³-hybridized carbons (Fsp3) is 0.333. The summed E-state index contributed by atoms with van der Waals surface area (Å²) in [5.41, 5.74) is 0.842. The number of anilines is 2. The molecule has 1 saturated carbocycles. The second kappa shape index (κ2) is 7.93. The van der Waals surface area contributed by atoms with Gasteiger partial charge in [-0.3, -0.25) is 0 Å². The third-order valence-electron chi connectivity index (χ3n) is 5.36. The molecule has 2 fully saturated rings. The van der Waals surface area contributed by atoms with Crippen LogP contribution in [0.2, 0.25) is 0 Å². The largest absolute Gasteiger partial charge is 0.420 e. The predicted octanol–water partition coefficient (Wildman–Crippen LogP) is 3.64. The monoisotopic (exact) mass is 426 g/mol. The second-order valence-electron chi connectivity index (χ2n) is 7.66. The number of halogens is 2. The summed E-state index contributed by atoms with van der Waals surface area (Å²) in [4.78, 5) is 20.7. The number of carbonyl (C=O) groups excluding carboxylic acids is 1. The molecule has 160 valence electrons. The highest BCUT2D eigenvalue weighted by atomic mass is 19.1. The van der Waals surface area contributed by atoms with Crippen molar-refractivity contribution in [3.8, 4) is 11.5 Å². The maximum atomic E-state index is 13.4. The van der Waals surface area contributed by atoms with Gasteiger partial charge in [-0.2, -0.15) is 0 Å². The first-order chi connectivity index (χ1) is 15.1. The molecule has 2 aromatic heterocycles. The number of nitrogens with zero attached hydrogens (tertiary/aromatic N) is 5. The van der Waals surface area contributed by atoms with Gasteiger partial charge in [0.1, 0.15) is 17.5 Å². The minimum atomic E-state index is -0.742. The summed E-state index contributed by atoms with van der Waals surface area (Å²) in [6.45, 7) is 1.94. The topological polar surface area (TPSA) is 87.4 Å². The molecule has 1 N–H and O–H groups in total. The minimum Gasteiger partial charge on any atom is -0.420 e. The van der Waals surface area contributed by atoms with E-state index in [0.717, 1.165) is 42.4 Å². The van der Waals surface area contributed by atoms with Crippen molar-refractivity contribution >= 4 is 17.5 Å². The standard InChI is InChI=1S/C21H20F2N6O2/c22-14-10-15(23)12-16(11-14)25-21(30)29-8-6-28(7-9-29)18-17(2-1-5-24-18)20-27-26-19(31-20)13-3-4-13/h1-2,5,10-13H,3-4,6-9H2,(H,25,30). The summed E-state index contributed by atoms with van der Waals surface area (Å²) < 4.78 is 32.5. The van der Waals surface area contributed by atoms with Crippen molar-refractivity contribution in [3.63, 3.8) is 0 Å². The van der Waals surface area contributed by atoms with E-state index in [1.165, 1.54) is 0 Å². The molecule has 8 nitrogen and oxygen atoms in total. The van der Waals surface area contributed by atoms with Gasteiger partial charge in [-0.1, -0.05) is 0 Å². The third-order valence-corrected chi connectivity index (χ3v) is 5.36. The lowest BCUT2D eigenvalue weighted by molar-refractivity contribution is 0.208. The van der Waals surface area contributed by atoms with E-state index >= 15 is 0 Å². The van der Waals surface area contributed by atoms with Gasteiger partial charge in [-0.25, -0.2) is 18.6 Å². The van der Waals surface area contributed by atoms with E-state index in [-0.39, 0.29) is 5.69 Å². The van der Waals surface area contributed by atoms with E-state index in [2.05, 4.69) is 25.4 Å². The molecule has 0 atom stereocenters.